The van der Waals surface area contributed by atoms with E-state index in [1.807, 2.05) is 43.3 Å². The van der Waals surface area contributed by atoms with Gasteiger partial charge in [0, 0.05) is 22.0 Å². The van der Waals surface area contributed by atoms with Crippen molar-refractivity contribution >= 4 is 39.3 Å². The van der Waals surface area contributed by atoms with Crippen LogP contribution in [0.2, 0.25) is 5.02 Å². The fourth-order valence-electron chi connectivity index (χ4n) is 3.07. The molecule has 0 amide bonds. The summed E-state index contributed by atoms with van der Waals surface area (Å²) in [7, 11) is 0. The fourth-order valence-corrected chi connectivity index (χ4v) is 3.23. The van der Waals surface area contributed by atoms with Gasteiger partial charge in [0.15, 0.2) is 6.61 Å². The van der Waals surface area contributed by atoms with E-state index < -0.39 is 11.6 Å². The molecule has 0 aliphatic carbocycles. The smallest absolute Gasteiger partial charge is 0.344 e. The normalized spacial score (nSPS) is 11.0. The molecular formula is C23H17ClO5. The third-order valence-electron chi connectivity index (χ3n) is 4.58. The molecule has 1 aromatic heterocycles. The van der Waals surface area contributed by atoms with Crippen LogP contribution < -0.4 is 10.4 Å². The summed E-state index contributed by atoms with van der Waals surface area (Å²) >= 11 is 6.17. The molecule has 4 aromatic rings. The molecule has 0 saturated heterocycles. The lowest BCUT2D eigenvalue weighted by molar-refractivity contribution is -0.147. The second-order valence-corrected chi connectivity index (χ2v) is 7.05. The van der Waals surface area contributed by atoms with Gasteiger partial charge in [-0.3, -0.25) is 0 Å². The van der Waals surface area contributed by atoms with E-state index in [9.17, 15) is 9.59 Å². The van der Waals surface area contributed by atoms with Crippen LogP contribution in [0.3, 0.4) is 0 Å². The van der Waals surface area contributed by atoms with Crippen molar-refractivity contribution in [1.82, 2.24) is 0 Å². The van der Waals surface area contributed by atoms with Crippen LogP contribution in [0.4, 0.5) is 0 Å². The molecule has 0 saturated carbocycles. The lowest BCUT2D eigenvalue weighted by atomic mass is 10.1. The maximum absolute atomic E-state index is 12.1. The van der Waals surface area contributed by atoms with Gasteiger partial charge >= 0.3 is 11.6 Å². The summed E-state index contributed by atoms with van der Waals surface area (Å²) in [4.78, 5) is 23.9. The zero-order valence-electron chi connectivity index (χ0n) is 15.6. The van der Waals surface area contributed by atoms with Gasteiger partial charge in [0.1, 0.15) is 17.9 Å². The van der Waals surface area contributed by atoms with Crippen LogP contribution in [0.1, 0.15) is 11.1 Å². The predicted molar refractivity (Wildman–Crippen MR) is 111 cm³/mol. The van der Waals surface area contributed by atoms with Crippen molar-refractivity contribution in [3.8, 4) is 5.75 Å². The average Bonchev–Trinajstić information content (AvgIpc) is 2.71. The van der Waals surface area contributed by atoms with Crippen LogP contribution in [-0.2, 0) is 16.1 Å². The summed E-state index contributed by atoms with van der Waals surface area (Å²) in [6.45, 7) is 1.50. The second-order valence-electron chi connectivity index (χ2n) is 6.65. The molecule has 1 heterocycles. The first-order valence-corrected chi connectivity index (χ1v) is 9.37. The third-order valence-corrected chi connectivity index (χ3v) is 4.98. The average molecular weight is 409 g/mol. The van der Waals surface area contributed by atoms with Crippen molar-refractivity contribution in [1.29, 1.82) is 0 Å². The van der Waals surface area contributed by atoms with Crippen LogP contribution >= 0.6 is 11.6 Å². The van der Waals surface area contributed by atoms with E-state index in [0.29, 0.717) is 27.3 Å². The van der Waals surface area contributed by atoms with Crippen LogP contribution in [-0.4, -0.2) is 12.6 Å². The SMILES string of the molecule is Cc1cc2oc(=O)cc(COC(=O)COc3ccc4ccccc4c3)c2cc1Cl. The van der Waals surface area contributed by atoms with Crippen LogP contribution in [0.25, 0.3) is 21.7 Å². The van der Waals surface area contributed by atoms with Crippen molar-refractivity contribution in [2.75, 3.05) is 6.61 Å². The molecule has 146 valence electrons. The first-order chi connectivity index (χ1) is 14.0. The quantitative estimate of drug-likeness (QED) is 0.342. The summed E-state index contributed by atoms with van der Waals surface area (Å²) in [6.07, 6.45) is 0. The van der Waals surface area contributed by atoms with Crippen molar-refractivity contribution < 1.29 is 18.7 Å². The number of ether oxygens (including phenoxy) is 2. The molecule has 0 N–H and O–H groups in total. The summed E-state index contributed by atoms with van der Waals surface area (Å²) in [6, 6.07) is 18.2. The van der Waals surface area contributed by atoms with Gasteiger partial charge in [0.2, 0.25) is 0 Å². The number of hydrogen-bond donors (Lipinski definition) is 0. The van der Waals surface area contributed by atoms with Gasteiger partial charge in [-0.15, -0.1) is 0 Å². The number of halogens is 1. The summed E-state index contributed by atoms with van der Waals surface area (Å²) in [5.41, 5.74) is 1.20. The molecule has 0 bridgehead atoms. The second kappa shape index (κ2) is 7.97. The summed E-state index contributed by atoms with van der Waals surface area (Å²) < 4.78 is 16.0. The van der Waals surface area contributed by atoms with E-state index >= 15 is 0 Å². The Morgan fingerprint density at radius 1 is 1.03 bits per heavy atom. The fraction of sp³-hybridized carbons (Fsp3) is 0.130. The van der Waals surface area contributed by atoms with Crippen LogP contribution in [0.15, 0.2) is 69.9 Å². The van der Waals surface area contributed by atoms with Crippen molar-refractivity contribution in [3.63, 3.8) is 0 Å². The Bertz CT molecular complexity index is 1280. The molecule has 0 aliphatic rings. The molecule has 0 spiro atoms. The number of aryl methyl sites for hydroxylation is 1. The van der Waals surface area contributed by atoms with Crippen LogP contribution in [0, 0.1) is 6.92 Å². The molecule has 5 nitrogen and oxygen atoms in total. The van der Waals surface area contributed by atoms with E-state index in [2.05, 4.69) is 0 Å². The molecule has 3 aromatic carbocycles. The van der Waals surface area contributed by atoms with Gasteiger partial charge < -0.3 is 13.9 Å². The first-order valence-electron chi connectivity index (χ1n) is 9.00. The van der Waals surface area contributed by atoms with Crippen LogP contribution in [0.5, 0.6) is 5.75 Å². The Balaban J connectivity index is 1.44. The lowest BCUT2D eigenvalue weighted by Crippen LogP contribution is -2.15. The maximum Gasteiger partial charge on any atom is 0.344 e. The topological polar surface area (TPSA) is 65.7 Å². The Morgan fingerprint density at radius 3 is 2.66 bits per heavy atom. The van der Waals surface area contributed by atoms with Crippen molar-refractivity contribution in [2.45, 2.75) is 13.5 Å². The van der Waals surface area contributed by atoms with Crippen molar-refractivity contribution in [2.24, 2.45) is 0 Å². The highest BCUT2D eigenvalue weighted by molar-refractivity contribution is 6.32. The van der Waals surface area contributed by atoms with Crippen molar-refractivity contribution in [3.05, 3.63) is 87.2 Å². The molecule has 29 heavy (non-hydrogen) atoms. The number of carbonyl (C=O) groups is 1. The molecule has 0 fully saturated rings. The maximum atomic E-state index is 12.1. The molecule has 0 radical (unpaired) electrons. The molecule has 6 heteroatoms. The number of carbonyl (C=O) groups excluding carboxylic acids is 1. The first kappa shape index (κ1) is 19.0. The number of benzene rings is 3. The minimum atomic E-state index is -0.544. The monoisotopic (exact) mass is 408 g/mol. The Hall–Kier alpha value is -3.31. The van der Waals surface area contributed by atoms with Gasteiger partial charge in [-0.25, -0.2) is 9.59 Å². The van der Waals surface area contributed by atoms with Gasteiger partial charge in [0.05, 0.1) is 0 Å². The highest BCUT2D eigenvalue weighted by Crippen LogP contribution is 2.25. The zero-order valence-corrected chi connectivity index (χ0v) is 16.4. The van der Waals surface area contributed by atoms with Gasteiger partial charge in [0.25, 0.3) is 0 Å². The minimum Gasteiger partial charge on any atom is -0.482 e. The van der Waals surface area contributed by atoms with E-state index in [1.165, 1.54) is 6.07 Å². The number of hydrogen-bond acceptors (Lipinski definition) is 5. The molecule has 4 rings (SSSR count). The number of fused-ring (bicyclic) bond motifs is 2. The molecule has 0 atom stereocenters. The van der Waals surface area contributed by atoms with E-state index in [1.54, 1.807) is 18.2 Å². The number of rotatable bonds is 5. The molecular weight excluding hydrogens is 392 g/mol. The summed E-state index contributed by atoms with van der Waals surface area (Å²) in [5.74, 6) is 0.0338. The zero-order chi connectivity index (χ0) is 20.4. The summed E-state index contributed by atoms with van der Waals surface area (Å²) in [5, 5.41) is 3.28. The van der Waals surface area contributed by atoms with Gasteiger partial charge in [-0.2, -0.15) is 0 Å². The van der Waals surface area contributed by atoms with E-state index in [-0.39, 0.29) is 13.2 Å². The Kier molecular flexibility index (Phi) is 5.23. The van der Waals surface area contributed by atoms with E-state index in [4.69, 9.17) is 25.5 Å². The molecule has 0 unspecified atom stereocenters. The van der Waals surface area contributed by atoms with E-state index in [0.717, 1.165) is 16.3 Å². The number of esters is 1. The third kappa shape index (κ3) is 4.25. The molecule has 0 aliphatic heterocycles. The lowest BCUT2D eigenvalue weighted by Gasteiger charge is -2.10. The minimum absolute atomic E-state index is 0.0819. The highest BCUT2D eigenvalue weighted by atomic mass is 35.5. The predicted octanol–water partition coefficient (Wildman–Crippen LogP) is 5.03. The largest absolute Gasteiger partial charge is 0.482 e. The highest BCUT2D eigenvalue weighted by Gasteiger charge is 2.11. The standard InChI is InChI=1S/C23H17ClO5/c1-14-8-21-19(11-20(14)24)17(10-22(25)29-21)12-28-23(26)13-27-18-7-6-15-4-2-3-5-16(15)9-18/h2-11H,12-13H2,1H3. The van der Waals surface area contributed by atoms with Gasteiger partial charge in [-0.05, 0) is 47.5 Å². The van der Waals surface area contributed by atoms with Gasteiger partial charge in [-0.1, -0.05) is 41.9 Å². The Labute approximate surface area is 171 Å². The Morgan fingerprint density at radius 2 is 1.83 bits per heavy atom.